The number of rotatable bonds is 4. The van der Waals surface area contributed by atoms with Crippen molar-refractivity contribution < 1.29 is 4.74 Å². The Balaban J connectivity index is 1.30. The lowest BCUT2D eigenvalue weighted by Gasteiger charge is -2.41. The molecular weight excluding hydrogens is 583 g/mol. The standard InChI is InChI=1S/C44H29BN2O/c1-4-16-31(17-5-1)46(32-18-6-2-7-19-32)39-29-41-43(36-24-13-12-23-35(36)39)45-42-34-22-11-10-15-30(34)27-28-38(42)47(33-20-8-3-9-21-33)37-25-14-26-40(48-41)44(37)45/h1-29H. The summed E-state index contributed by atoms with van der Waals surface area (Å²) >= 11 is 0. The molecule has 0 aliphatic carbocycles. The highest BCUT2D eigenvalue weighted by Crippen LogP contribution is 2.46. The molecule has 0 atom stereocenters. The van der Waals surface area contributed by atoms with E-state index in [2.05, 4.69) is 186 Å². The maximum atomic E-state index is 7.05. The fraction of sp³-hybridized carbons (Fsp3) is 0. The topological polar surface area (TPSA) is 15.7 Å². The molecule has 2 aliphatic heterocycles. The zero-order chi connectivity index (χ0) is 31.6. The fourth-order valence-corrected chi connectivity index (χ4v) is 7.93. The third kappa shape index (κ3) is 3.96. The largest absolute Gasteiger partial charge is 0.458 e. The predicted molar refractivity (Wildman–Crippen MR) is 202 cm³/mol. The molecular formula is C44H29BN2O. The minimum Gasteiger partial charge on any atom is -0.458 e. The first-order valence-electron chi connectivity index (χ1n) is 16.5. The molecule has 8 aromatic rings. The van der Waals surface area contributed by atoms with Gasteiger partial charge in [-0.15, -0.1) is 0 Å². The van der Waals surface area contributed by atoms with Crippen molar-refractivity contribution in [1.29, 1.82) is 0 Å². The van der Waals surface area contributed by atoms with E-state index in [0.717, 1.165) is 39.9 Å². The van der Waals surface area contributed by atoms with E-state index in [4.69, 9.17) is 4.74 Å². The zero-order valence-corrected chi connectivity index (χ0v) is 26.1. The van der Waals surface area contributed by atoms with E-state index in [-0.39, 0.29) is 6.71 Å². The Morgan fingerprint density at radius 1 is 0.438 bits per heavy atom. The van der Waals surface area contributed by atoms with Crippen LogP contribution in [0.3, 0.4) is 0 Å². The molecule has 0 unspecified atom stereocenters. The normalized spacial score (nSPS) is 12.7. The quantitative estimate of drug-likeness (QED) is 0.184. The molecule has 0 spiro atoms. The summed E-state index contributed by atoms with van der Waals surface area (Å²) in [7, 11) is 0. The molecule has 0 radical (unpaired) electrons. The number of nitrogens with zero attached hydrogens (tertiary/aromatic N) is 2. The van der Waals surface area contributed by atoms with Gasteiger partial charge >= 0.3 is 0 Å². The third-order valence-corrected chi connectivity index (χ3v) is 9.87. The molecule has 48 heavy (non-hydrogen) atoms. The van der Waals surface area contributed by atoms with E-state index >= 15 is 0 Å². The van der Waals surface area contributed by atoms with Gasteiger partial charge in [-0.3, -0.25) is 0 Å². The van der Waals surface area contributed by atoms with Gasteiger partial charge in [-0.05, 0) is 87.1 Å². The molecule has 8 aromatic carbocycles. The van der Waals surface area contributed by atoms with Crippen LogP contribution in [0.1, 0.15) is 0 Å². The van der Waals surface area contributed by atoms with Crippen molar-refractivity contribution in [3.63, 3.8) is 0 Å². The van der Waals surface area contributed by atoms with Crippen LogP contribution in [0.15, 0.2) is 176 Å². The van der Waals surface area contributed by atoms with Gasteiger partial charge in [0, 0.05) is 39.9 Å². The summed E-state index contributed by atoms with van der Waals surface area (Å²) in [6.07, 6.45) is 0. The molecule has 0 N–H and O–H groups in total. The minimum atomic E-state index is -0.0261. The summed E-state index contributed by atoms with van der Waals surface area (Å²) in [5, 5.41) is 4.87. The van der Waals surface area contributed by atoms with Crippen LogP contribution in [0, 0.1) is 0 Å². The average Bonchev–Trinajstić information content (AvgIpc) is 3.16. The summed E-state index contributed by atoms with van der Waals surface area (Å²) in [5.74, 6) is 1.79. The summed E-state index contributed by atoms with van der Waals surface area (Å²) in [5.41, 5.74) is 10.5. The monoisotopic (exact) mass is 612 g/mol. The van der Waals surface area contributed by atoms with Crippen LogP contribution in [-0.4, -0.2) is 6.71 Å². The lowest BCUT2D eigenvalue weighted by atomic mass is 9.33. The van der Waals surface area contributed by atoms with Gasteiger partial charge in [0.1, 0.15) is 11.5 Å². The fourth-order valence-electron chi connectivity index (χ4n) is 7.93. The summed E-state index contributed by atoms with van der Waals surface area (Å²) in [6.45, 7) is -0.0261. The third-order valence-electron chi connectivity index (χ3n) is 9.87. The highest BCUT2D eigenvalue weighted by Gasteiger charge is 2.44. The second-order valence-corrected chi connectivity index (χ2v) is 12.5. The molecule has 0 bridgehead atoms. The van der Waals surface area contributed by atoms with Crippen molar-refractivity contribution in [2.24, 2.45) is 0 Å². The summed E-state index contributed by atoms with van der Waals surface area (Å²) in [6, 6.07) is 62.9. The number of ether oxygens (including phenoxy) is 1. The van der Waals surface area contributed by atoms with Crippen LogP contribution in [0.2, 0.25) is 0 Å². The maximum absolute atomic E-state index is 7.05. The molecule has 3 nitrogen and oxygen atoms in total. The number of para-hydroxylation sites is 3. The van der Waals surface area contributed by atoms with Gasteiger partial charge in [0.15, 0.2) is 0 Å². The first-order valence-corrected chi connectivity index (χ1v) is 16.5. The number of fused-ring (bicyclic) bond motifs is 8. The predicted octanol–water partition coefficient (Wildman–Crippen LogP) is 9.87. The van der Waals surface area contributed by atoms with Gasteiger partial charge in [-0.25, -0.2) is 0 Å². The SMILES string of the molecule is c1ccc(N2c3cccc4c3B(c3c2ccc2ccccc32)c2c(cc(N(c3ccccc3)c3ccccc3)c3ccccc23)O4)cc1. The zero-order valence-electron chi connectivity index (χ0n) is 26.1. The molecule has 0 saturated heterocycles. The second-order valence-electron chi connectivity index (χ2n) is 12.5. The average molecular weight is 613 g/mol. The number of hydrogen-bond acceptors (Lipinski definition) is 3. The smallest absolute Gasteiger partial charge is 0.258 e. The molecule has 2 aliphatic rings. The Labute approximate surface area is 280 Å². The van der Waals surface area contributed by atoms with Crippen LogP contribution in [0.4, 0.5) is 34.1 Å². The van der Waals surface area contributed by atoms with Crippen LogP contribution in [0.25, 0.3) is 21.5 Å². The van der Waals surface area contributed by atoms with Gasteiger partial charge in [0.25, 0.3) is 6.71 Å². The summed E-state index contributed by atoms with van der Waals surface area (Å²) in [4.78, 5) is 4.76. The van der Waals surface area contributed by atoms with Crippen LogP contribution < -0.4 is 30.9 Å². The van der Waals surface area contributed by atoms with Gasteiger partial charge in [-0.2, -0.15) is 0 Å². The molecule has 224 valence electrons. The lowest BCUT2D eigenvalue weighted by Crippen LogP contribution is -2.60. The van der Waals surface area contributed by atoms with Crippen molar-refractivity contribution in [3.05, 3.63) is 176 Å². The van der Waals surface area contributed by atoms with E-state index in [9.17, 15) is 0 Å². The van der Waals surface area contributed by atoms with Crippen LogP contribution in [0.5, 0.6) is 11.5 Å². The molecule has 2 heterocycles. The number of anilines is 6. The first-order chi connectivity index (χ1) is 23.8. The Kier molecular flexibility index (Phi) is 5.97. The van der Waals surface area contributed by atoms with Gasteiger partial charge in [-0.1, -0.05) is 115 Å². The van der Waals surface area contributed by atoms with E-state index < -0.39 is 0 Å². The summed E-state index contributed by atoms with van der Waals surface area (Å²) < 4.78 is 7.05. The van der Waals surface area contributed by atoms with E-state index in [1.165, 1.54) is 43.6 Å². The van der Waals surface area contributed by atoms with Gasteiger partial charge in [0.2, 0.25) is 0 Å². The van der Waals surface area contributed by atoms with Crippen LogP contribution >= 0.6 is 0 Å². The van der Waals surface area contributed by atoms with E-state index in [0.29, 0.717) is 0 Å². The van der Waals surface area contributed by atoms with Crippen molar-refractivity contribution >= 4 is 78.8 Å². The van der Waals surface area contributed by atoms with Crippen molar-refractivity contribution in [2.75, 3.05) is 9.80 Å². The Morgan fingerprint density at radius 3 is 1.77 bits per heavy atom. The molecule has 4 heteroatoms. The first kappa shape index (κ1) is 26.9. The van der Waals surface area contributed by atoms with Crippen molar-refractivity contribution in [1.82, 2.24) is 0 Å². The number of hydrogen-bond donors (Lipinski definition) is 0. The number of benzene rings is 8. The highest BCUT2D eigenvalue weighted by molar-refractivity contribution is 7.02. The van der Waals surface area contributed by atoms with Crippen LogP contribution in [-0.2, 0) is 0 Å². The van der Waals surface area contributed by atoms with Crippen molar-refractivity contribution in [2.45, 2.75) is 0 Å². The molecule has 0 saturated carbocycles. The maximum Gasteiger partial charge on any atom is 0.258 e. The molecule has 0 amide bonds. The van der Waals surface area contributed by atoms with E-state index in [1.807, 2.05) is 0 Å². The molecule has 10 rings (SSSR count). The van der Waals surface area contributed by atoms with Crippen molar-refractivity contribution in [3.8, 4) is 11.5 Å². The lowest BCUT2D eigenvalue weighted by molar-refractivity contribution is 0.488. The molecule has 0 fully saturated rings. The highest BCUT2D eigenvalue weighted by atomic mass is 16.5. The van der Waals surface area contributed by atoms with Gasteiger partial charge < -0.3 is 14.5 Å². The second kappa shape index (κ2) is 10.6. The molecule has 0 aromatic heterocycles. The Morgan fingerprint density at radius 2 is 1.04 bits per heavy atom. The van der Waals surface area contributed by atoms with Gasteiger partial charge in [0.05, 0.1) is 5.69 Å². The minimum absolute atomic E-state index is 0.0261. The van der Waals surface area contributed by atoms with E-state index in [1.54, 1.807) is 0 Å². The Hall–Kier alpha value is -6.26. The Bertz CT molecular complexity index is 2460.